The maximum absolute atomic E-state index is 12.5. The molecule has 1 amide bonds. The summed E-state index contributed by atoms with van der Waals surface area (Å²) in [6, 6.07) is 7.35. The molecule has 19 heavy (non-hydrogen) atoms. The zero-order chi connectivity index (χ0) is 13.2. The first kappa shape index (κ1) is 11.8. The number of nitrogens with two attached hydrogens (primary N) is 1. The van der Waals surface area contributed by atoms with Crippen LogP contribution >= 0.6 is 0 Å². The third kappa shape index (κ3) is 2.19. The standard InChI is InChI=1S/C12H14N6O/c13-9-5-6-17(7-9)12(19)10-3-1-2-4-11(10)18-8-14-15-16-18/h1-4,8-9H,5-7,13H2/t9-/m1/s1. The van der Waals surface area contributed by atoms with Gasteiger partial charge in [0.1, 0.15) is 6.33 Å². The molecule has 0 saturated carbocycles. The second-order valence-electron chi connectivity index (χ2n) is 4.57. The van der Waals surface area contributed by atoms with Gasteiger partial charge in [0.25, 0.3) is 5.91 Å². The van der Waals surface area contributed by atoms with Crippen molar-refractivity contribution >= 4 is 5.91 Å². The number of hydrogen-bond donors (Lipinski definition) is 1. The molecule has 2 heterocycles. The van der Waals surface area contributed by atoms with Gasteiger partial charge in [-0.3, -0.25) is 4.79 Å². The lowest BCUT2D eigenvalue weighted by Gasteiger charge is -2.17. The molecular formula is C12H14N6O. The topological polar surface area (TPSA) is 89.9 Å². The van der Waals surface area contributed by atoms with Gasteiger partial charge >= 0.3 is 0 Å². The number of rotatable bonds is 2. The number of nitrogens with zero attached hydrogens (tertiary/aromatic N) is 5. The molecule has 0 aliphatic carbocycles. The van der Waals surface area contributed by atoms with Crippen LogP contribution in [0.2, 0.25) is 0 Å². The zero-order valence-electron chi connectivity index (χ0n) is 10.3. The minimum atomic E-state index is -0.0287. The average Bonchev–Trinajstić information content (AvgIpc) is 3.09. The number of benzene rings is 1. The van der Waals surface area contributed by atoms with Gasteiger partial charge in [0.15, 0.2) is 0 Å². The number of hydrogen-bond acceptors (Lipinski definition) is 5. The van der Waals surface area contributed by atoms with E-state index >= 15 is 0 Å². The first-order valence-electron chi connectivity index (χ1n) is 6.13. The summed E-state index contributed by atoms with van der Waals surface area (Å²) in [4.78, 5) is 14.3. The first-order valence-corrected chi connectivity index (χ1v) is 6.13. The van der Waals surface area contributed by atoms with E-state index < -0.39 is 0 Å². The minimum absolute atomic E-state index is 0.0287. The minimum Gasteiger partial charge on any atom is -0.337 e. The van der Waals surface area contributed by atoms with Crippen LogP contribution in [0.5, 0.6) is 0 Å². The third-order valence-corrected chi connectivity index (χ3v) is 3.24. The molecule has 0 spiro atoms. The van der Waals surface area contributed by atoms with Gasteiger partial charge in [-0.25, -0.2) is 0 Å². The Morgan fingerprint density at radius 1 is 1.37 bits per heavy atom. The van der Waals surface area contributed by atoms with Gasteiger partial charge in [0.05, 0.1) is 11.3 Å². The van der Waals surface area contributed by atoms with Crippen LogP contribution in [0.25, 0.3) is 5.69 Å². The van der Waals surface area contributed by atoms with E-state index in [9.17, 15) is 4.79 Å². The summed E-state index contributed by atoms with van der Waals surface area (Å²) in [5.74, 6) is -0.0287. The number of aromatic nitrogens is 4. The lowest BCUT2D eigenvalue weighted by atomic mass is 10.1. The van der Waals surface area contributed by atoms with Crippen molar-refractivity contribution in [2.45, 2.75) is 12.5 Å². The van der Waals surface area contributed by atoms with Crippen LogP contribution < -0.4 is 5.73 Å². The van der Waals surface area contributed by atoms with Crippen molar-refractivity contribution in [3.8, 4) is 5.69 Å². The van der Waals surface area contributed by atoms with Crippen molar-refractivity contribution in [3.63, 3.8) is 0 Å². The number of carbonyl (C=O) groups excluding carboxylic acids is 1. The van der Waals surface area contributed by atoms with E-state index in [-0.39, 0.29) is 11.9 Å². The fourth-order valence-electron chi connectivity index (χ4n) is 2.27. The van der Waals surface area contributed by atoms with E-state index in [1.807, 2.05) is 18.2 Å². The number of tetrazole rings is 1. The Morgan fingerprint density at radius 2 is 2.21 bits per heavy atom. The van der Waals surface area contributed by atoms with Crippen molar-refractivity contribution in [2.75, 3.05) is 13.1 Å². The van der Waals surface area contributed by atoms with Crippen LogP contribution in [0.15, 0.2) is 30.6 Å². The van der Waals surface area contributed by atoms with Gasteiger partial charge in [0, 0.05) is 19.1 Å². The zero-order valence-corrected chi connectivity index (χ0v) is 10.3. The van der Waals surface area contributed by atoms with Gasteiger partial charge in [-0.05, 0) is 29.0 Å². The van der Waals surface area contributed by atoms with Crippen LogP contribution in [-0.2, 0) is 0 Å². The quantitative estimate of drug-likeness (QED) is 0.808. The van der Waals surface area contributed by atoms with Crippen molar-refractivity contribution < 1.29 is 4.79 Å². The van der Waals surface area contributed by atoms with E-state index in [1.54, 1.807) is 11.0 Å². The molecule has 1 fully saturated rings. The second-order valence-corrected chi connectivity index (χ2v) is 4.57. The molecule has 3 rings (SSSR count). The van der Waals surface area contributed by atoms with Crippen molar-refractivity contribution in [2.24, 2.45) is 5.73 Å². The maximum atomic E-state index is 12.5. The number of carbonyl (C=O) groups is 1. The van der Waals surface area contributed by atoms with Gasteiger partial charge in [0.2, 0.25) is 0 Å². The van der Waals surface area contributed by atoms with Gasteiger partial charge in [-0.2, -0.15) is 4.68 Å². The molecule has 0 bridgehead atoms. The van der Waals surface area contributed by atoms with Crippen LogP contribution in [0, 0.1) is 0 Å². The lowest BCUT2D eigenvalue weighted by Crippen LogP contribution is -2.32. The molecule has 1 saturated heterocycles. The monoisotopic (exact) mass is 258 g/mol. The normalized spacial score (nSPS) is 18.8. The Morgan fingerprint density at radius 3 is 2.89 bits per heavy atom. The van der Waals surface area contributed by atoms with Crippen LogP contribution in [-0.4, -0.2) is 50.1 Å². The van der Waals surface area contributed by atoms with E-state index in [0.29, 0.717) is 24.3 Å². The van der Waals surface area contributed by atoms with Crippen LogP contribution in [0.4, 0.5) is 0 Å². The first-order chi connectivity index (χ1) is 9.25. The lowest BCUT2D eigenvalue weighted by molar-refractivity contribution is 0.0790. The smallest absolute Gasteiger partial charge is 0.256 e. The molecule has 98 valence electrons. The number of amides is 1. The summed E-state index contributed by atoms with van der Waals surface area (Å²) in [7, 11) is 0. The molecule has 0 unspecified atom stereocenters. The summed E-state index contributed by atoms with van der Waals surface area (Å²) in [5.41, 5.74) is 7.11. The Balaban J connectivity index is 1.95. The Labute approximate surface area is 110 Å². The molecule has 1 aliphatic rings. The Hall–Kier alpha value is -2.28. The largest absolute Gasteiger partial charge is 0.337 e. The highest BCUT2D eigenvalue weighted by Crippen LogP contribution is 2.18. The highest BCUT2D eigenvalue weighted by Gasteiger charge is 2.26. The summed E-state index contributed by atoms with van der Waals surface area (Å²) < 4.78 is 1.49. The molecule has 7 nitrogen and oxygen atoms in total. The second kappa shape index (κ2) is 4.77. The van der Waals surface area contributed by atoms with Crippen LogP contribution in [0.3, 0.4) is 0 Å². The molecule has 1 aromatic carbocycles. The highest BCUT2D eigenvalue weighted by molar-refractivity contribution is 5.97. The summed E-state index contributed by atoms with van der Waals surface area (Å²) in [5, 5.41) is 11.0. The Bertz CT molecular complexity index is 582. The number of para-hydroxylation sites is 1. The predicted octanol–water partition coefficient (Wildman–Crippen LogP) is -0.165. The maximum Gasteiger partial charge on any atom is 0.256 e. The van der Waals surface area contributed by atoms with Crippen molar-refractivity contribution in [1.29, 1.82) is 0 Å². The average molecular weight is 258 g/mol. The Kier molecular flexibility index (Phi) is 2.96. The van der Waals surface area contributed by atoms with Gasteiger partial charge in [-0.15, -0.1) is 5.10 Å². The molecular weight excluding hydrogens is 244 g/mol. The number of likely N-dealkylation sites (tertiary alicyclic amines) is 1. The summed E-state index contributed by atoms with van der Waals surface area (Å²) in [6.07, 6.45) is 2.32. The van der Waals surface area contributed by atoms with Gasteiger partial charge in [-0.1, -0.05) is 12.1 Å². The molecule has 2 aromatic rings. The fraction of sp³-hybridized carbons (Fsp3) is 0.333. The van der Waals surface area contributed by atoms with E-state index in [4.69, 9.17) is 5.73 Å². The van der Waals surface area contributed by atoms with E-state index in [2.05, 4.69) is 15.5 Å². The van der Waals surface area contributed by atoms with E-state index in [1.165, 1.54) is 11.0 Å². The molecule has 7 heteroatoms. The molecule has 0 radical (unpaired) electrons. The van der Waals surface area contributed by atoms with Crippen LogP contribution in [0.1, 0.15) is 16.8 Å². The van der Waals surface area contributed by atoms with Crippen molar-refractivity contribution in [1.82, 2.24) is 25.1 Å². The molecule has 2 N–H and O–H groups in total. The third-order valence-electron chi connectivity index (χ3n) is 3.24. The van der Waals surface area contributed by atoms with E-state index in [0.717, 1.165) is 6.42 Å². The predicted molar refractivity (Wildman–Crippen MR) is 67.6 cm³/mol. The summed E-state index contributed by atoms with van der Waals surface area (Å²) in [6.45, 7) is 1.30. The molecule has 1 aromatic heterocycles. The summed E-state index contributed by atoms with van der Waals surface area (Å²) >= 11 is 0. The van der Waals surface area contributed by atoms with Gasteiger partial charge < -0.3 is 10.6 Å². The molecule has 1 aliphatic heterocycles. The molecule has 1 atom stereocenters. The highest BCUT2D eigenvalue weighted by atomic mass is 16.2. The van der Waals surface area contributed by atoms with Crippen molar-refractivity contribution in [3.05, 3.63) is 36.2 Å². The fourth-order valence-corrected chi connectivity index (χ4v) is 2.27. The SMILES string of the molecule is N[C@@H]1CCN(C(=O)c2ccccc2-n2cnnn2)C1.